The number of carbonyl (C=O) groups is 1. The topological polar surface area (TPSA) is 61.6 Å². The molecule has 2 rings (SSSR count). The van der Waals surface area contributed by atoms with E-state index in [9.17, 15) is 4.79 Å². The van der Waals surface area contributed by atoms with E-state index in [0.29, 0.717) is 13.0 Å². The Hall–Kier alpha value is -0.910. The molecule has 1 heterocycles. The molecule has 5 heteroatoms. The molecule has 2 atom stereocenters. The Balaban J connectivity index is 1.82. The van der Waals surface area contributed by atoms with E-state index in [1.54, 1.807) is 0 Å². The molecule has 4 nitrogen and oxygen atoms in total. The third-order valence-electron chi connectivity index (χ3n) is 2.90. The van der Waals surface area contributed by atoms with Crippen LogP contribution in [-0.2, 0) is 20.9 Å². The van der Waals surface area contributed by atoms with Crippen LogP contribution in [0.2, 0.25) is 0 Å². The van der Waals surface area contributed by atoms with Crippen molar-refractivity contribution in [3.63, 3.8) is 0 Å². The predicted molar refractivity (Wildman–Crippen MR) is 70.9 cm³/mol. The molecular formula is C13H16BrNO3. The van der Waals surface area contributed by atoms with E-state index in [4.69, 9.17) is 15.2 Å². The van der Waals surface area contributed by atoms with Gasteiger partial charge in [-0.05, 0) is 30.5 Å². The Kier molecular flexibility index (Phi) is 4.74. The summed E-state index contributed by atoms with van der Waals surface area (Å²) in [5.41, 5.74) is 6.45. The van der Waals surface area contributed by atoms with E-state index in [-0.39, 0.29) is 18.7 Å². The normalized spacial score (nSPS) is 23.0. The van der Waals surface area contributed by atoms with Crippen LogP contribution in [-0.4, -0.2) is 24.7 Å². The molecule has 0 aliphatic carbocycles. The van der Waals surface area contributed by atoms with Crippen LogP contribution in [0.1, 0.15) is 18.4 Å². The lowest BCUT2D eigenvalue weighted by Crippen LogP contribution is -2.26. The summed E-state index contributed by atoms with van der Waals surface area (Å²) >= 11 is 3.37. The van der Waals surface area contributed by atoms with Gasteiger partial charge >= 0.3 is 5.97 Å². The monoisotopic (exact) mass is 313 g/mol. The van der Waals surface area contributed by atoms with Gasteiger partial charge < -0.3 is 15.2 Å². The van der Waals surface area contributed by atoms with Crippen LogP contribution in [0.3, 0.4) is 0 Å². The fourth-order valence-corrected chi connectivity index (χ4v) is 2.37. The molecule has 18 heavy (non-hydrogen) atoms. The van der Waals surface area contributed by atoms with Crippen molar-refractivity contribution in [3.05, 3.63) is 34.3 Å². The van der Waals surface area contributed by atoms with E-state index in [1.807, 2.05) is 24.3 Å². The zero-order valence-corrected chi connectivity index (χ0v) is 11.6. The molecule has 0 amide bonds. The van der Waals surface area contributed by atoms with Crippen molar-refractivity contribution in [1.82, 2.24) is 0 Å². The molecule has 1 aromatic carbocycles. The highest BCUT2D eigenvalue weighted by Gasteiger charge is 2.30. The average molecular weight is 314 g/mol. The van der Waals surface area contributed by atoms with Crippen molar-refractivity contribution in [2.75, 3.05) is 6.54 Å². The second-order valence-electron chi connectivity index (χ2n) is 4.30. The van der Waals surface area contributed by atoms with Gasteiger partial charge in [-0.1, -0.05) is 28.1 Å². The van der Waals surface area contributed by atoms with Crippen LogP contribution < -0.4 is 5.73 Å². The van der Waals surface area contributed by atoms with Crippen LogP contribution >= 0.6 is 15.9 Å². The zero-order valence-electron chi connectivity index (χ0n) is 9.97. The first-order chi connectivity index (χ1) is 8.69. The summed E-state index contributed by atoms with van der Waals surface area (Å²) in [7, 11) is 0. The lowest BCUT2D eigenvalue weighted by atomic mass is 10.2. The van der Waals surface area contributed by atoms with Gasteiger partial charge in [0.25, 0.3) is 0 Å². The molecule has 0 bridgehead atoms. The van der Waals surface area contributed by atoms with Crippen LogP contribution in [0.15, 0.2) is 28.7 Å². The number of hydrogen-bond donors (Lipinski definition) is 1. The standard InChI is InChI=1S/C13H16BrNO3/c14-10-3-1-2-9(6-10)8-17-13(16)12-5-4-11(7-15)18-12/h1-3,6,11-12H,4-5,7-8,15H2. The molecular weight excluding hydrogens is 298 g/mol. The Labute approximate surface area is 115 Å². The highest BCUT2D eigenvalue weighted by molar-refractivity contribution is 9.10. The van der Waals surface area contributed by atoms with Crippen LogP contribution in [0, 0.1) is 0 Å². The number of nitrogens with two attached hydrogens (primary N) is 1. The quantitative estimate of drug-likeness (QED) is 0.864. The van der Waals surface area contributed by atoms with Crippen molar-refractivity contribution in [1.29, 1.82) is 0 Å². The molecule has 1 aliphatic heterocycles. The van der Waals surface area contributed by atoms with Crippen LogP contribution in [0.5, 0.6) is 0 Å². The van der Waals surface area contributed by atoms with Crippen molar-refractivity contribution in [2.45, 2.75) is 31.7 Å². The number of halogens is 1. The number of esters is 1. The van der Waals surface area contributed by atoms with E-state index in [2.05, 4.69) is 15.9 Å². The average Bonchev–Trinajstić information content (AvgIpc) is 2.85. The lowest BCUT2D eigenvalue weighted by molar-refractivity contribution is -0.157. The van der Waals surface area contributed by atoms with Gasteiger partial charge in [-0.15, -0.1) is 0 Å². The highest BCUT2D eigenvalue weighted by atomic mass is 79.9. The SMILES string of the molecule is NCC1CCC(C(=O)OCc2cccc(Br)c2)O1. The minimum Gasteiger partial charge on any atom is -0.459 e. The Morgan fingerprint density at radius 3 is 3.00 bits per heavy atom. The van der Waals surface area contributed by atoms with Crippen LogP contribution in [0.4, 0.5) is 0 Å². The molecule has 0 spiro atoms. The molecule has 2 unspecified atom stereocenters. The minimum absolute atomic E-state index is 0.00609. The fourth-order valence-electron chi connectivity index (χ4n) is 1.93. The molecule has 0 saturated carbocycles. The molecule has 1 saturated heterocycles. The summed E-state index contributed by atoms with van der Waals surface area (Å²) in [6, 6.07) is 7.67. The molecule has 98 valence electrons. The first-order valence-electron chi connectivity index (χ1n) is 5.95. The summed E-state index contributed by atoms with van der Waals surface area (Å²) in [4.78, 5) is 11.8. The Morgan fingerprint density at radius 2 is 2.33 bits per heavy atom. The van der Waals surface area contributed by atoms with E-state index in [1.165, 1.54) is 0 Å². The van der Waals surface area contributed by atoms with E-state index >= 15 is 0 Å². The van der Waals surface area contributed by atoms with Gasteiger partial charge in [0.1, 0.15) is 6.61 Å². The van der Waals surface area contributed by atoms with Gasteiger partial charge in [0, 0.05) is 11.0 Å². The molecule has 1 fully saturated rings. The van der Waals surface area contributed by atoms with E-state index in [0.717, 1.165) is 16.5 Å². The van der Waals surface area contributed by atoms with Crippen molar-refractivity contribution >= 4 is 21.9 Å². The molecule has 1 aliphatic rings. The van der Waals surface area contributed by atoms with Crippen LogP contribution in [0.25, 0.3) is 0 Å². The summed E-state index contributed by atoms with van der Waals surface area (Å²) in [6.07, 6.45) is 1.06. The summed E-state index contributed by atoms with van der Waals surface area (Å²) < 4.78 is 11.7. The summed E-state index contributed by atoms with van der Waals surface area (Å²) in [6.45, 7) is 0.723. The van der Waals surface area contributed by atoms with Gasteiger partial charge in [0.15, 0.2) is 6.10 Å². The predicted octanol–water partition coefficient (Wildman–Crippen LogP) is 2.00. The molecule has 1 aromatic rings. The van der Waals surface area contributed by atoms with Crippen molar-refractivity contribution < 1.29 is 14.3 Å². The van der Waals surface area contributed by atoms with E-state index < -0.39 is 6.10 Å². The third kappa shape index (κ3) is 3.54. The van der Waals surface area contributed by atoms with Gasteiger partial charge in [-0.2, -0.15) is 0 Å². The molecule has 0 aromatic heterocycles. The van der Waals surface area contributed by atoms with Gasteiger partial charge in [-0.3, -0.25) is 0 Å². The first kappa shape index (κ1) is 13.5. The molecule has 0 radical (unpaired) electrons. The van der Waals surface area contributed by atoms with Crippen molar-refractivity contribution in [3.8, 4) is 0 Å². The fraction of sp³-hybridized carbons (Fsp3) is 0.462. The minimum atomic E-state index is -0.453. The summed E-state index contributed by atoms with van der Waals surface area (Å²) in [5, 5.41) is 0. The smallest absolute Gasteiger partial charge is 0.335 e. The summed E-state index contributed by atoms with van der Waals surface area (Å²) in [5.74, 6) is -0.300. The third-order valence-corrected chi connectivity index (χ3v) is 3.40. The van der Waals surface area contributed by atoms with Gasteiger partial charge in [-0.25, -0.2) is 4.79 Å². The number of hydrogen-bond acceptors (Lipinski definition) is 4. The largest absolute Gasteiger partial charge is 0.459 e. The maximum atomic E-state index is 11.8. The lowest BCUT2D eigenvalue weighted by Gasteiger charge is -2.12. The number of carbonyl (C=O) groups excluding carboxylic acids is 1. The Bertz CT molecular complexity index is 424. The second kappa shape index (κ2) is 6.31. The Morgan fingerprint density at radius 1 is 1.50 bits per heavy atom. The number of ether oxygens (including phenoxy) is 2. The van der Waals surface area contributed by atoms with Gasteiger partial charge in [0.05, 0.1) is 6.10 Å². The second-order valence-corrected chi connectivity index (χ2v) is 5.21. The van der Waals surface area contributed by atoms with Crippen molar-refractivity contribution in [2.24, 2.45) is 5.73 Å². The molecule has 2 N–H and O–H groups in total. The maximum absolute atomic E-state index is 11.8. The number of benzene rings is 1. The zero-order chi connectivity index (χ0) is 13.0. The van der Waals surface area contributed by atoms with Gasteiger partial charge in [0.2, 0.25) is 0 Å². The highest BCUT2D eigenvalue weighted by Crippen LogP contribution is 2.20. The number of rotatable bonds is 4. The first-order valence-corrected chi connectivity index (χ1v) is 6.75. The maximum Gasteiger partial charge on any atom is 0.335 e.